The first-order chi connectivity index (χ1) is 12.3. The number of aliphatic hydroxyl groups excluding tert-OH is 1. The molecule has 3 rings (SSSR count). The average molecular weight is 398 g/mol. The van der Waals surface area contributed by atoms with Gasteiger partial charge in [-0.15, -0.1) is 0 Å². The standard InChI is InChI=1S/C17H20ClN3O4S/c1-11(9-22)19-17(23)15-8-16(12-2-4-13(18)5-3-12)21(20-15)14-6-7-26(24,25)10-14/h2-5,8,11,14,22H,6-7,9-10H2,1H3,(H,19,23). The van der Waals surface area contributed by atoms with E-state index in [1.165, 1.54) is 0 Å². The van der Waals surface area contributed by atoms with E-state index in [0.29, 0.717) is 17.1 Å². The van der Waals surface area contributed by atoms with Crippen LogP contribution >= 0.6 is 11.6 Å². The van der Waals surface area contributed by atoms with Crippen molar-refractivity contribution in [1.29, 1.82) is 0 Å². The van der Waals surface area contributed by atoms with Gasteiger partial charge in [-0.05, 0) is 37.1 Å². The van der Waals surface area contributed by atoms with Gasteiger partial charge in [-0.25, -0.2) is 8.42 Å². The summed E-state index contributed by atoms with van der Waals surface area (Å²) >= 11 is 5.94. The van der Waals surface area contributed by atoms with Gasteiger partial charge in [-0.2, -0.15) is 5.10 Å². The van der Waals surface area contributed by atoms with Gasteiger partial charge in [0.1, 0.15) is 0 Å². The number of hydrogen-bond acceptors (Lipinski definition) is 5. The highest BCUT2D eigenvalue weighted by atomic mass is 35.5. The van der Waals surface area contributed by atoms with E-state index in [4.69, 9.17) is 16.7 Å². The molecule has 2 aromatic rings. The summed E-state index contributed by atoms with van der Waals surface area (Å²) in [5, 5.41) is 16.7. The van der Waals surface area contributed by atoms with E-state index in [9.17, 15) is 13.2 Å². The first-order valence-electron chi connectivity index (χ1n) is 8.26. The van der Waals surface area contributed by atoms with Gasteiger partial charge in [0.05, 0.1) is 29.8 Å². The summed E-state index contributed by atoms with van der Waals surface area (Å²) < 4.78 is 25.3. The summed E-state index contributed by atoms with van der Waals surface area (Å²) in [5.74, 6) is -0.300. The minimum absolute atomic E-state index is 0.00334. The van der Waals surface area contributed by atoms with E-state index < -0.39 is 21.8 Å². The summed E-state index contributed by atoms with van der Waals surface area (Å²) in [6.45, 7) is 1.50. The van der Waals surface area contributed by atoms with E-state index in [0.717, 1.165) is 5.56 Å². The maximum absolute atomic E-state index is 12.4. The highest BCUT2D eigenvalue weighted by Crippen LogP contribution is 2.30. The van der Waals surface area contributed by atoms with Crippen LogP contribution in [0.2, 0.25) is 5.02 Å². The van der Waals surface area contributed by atoms with Crippen molar-refractivity contribution in [3.8, 4) is 11.3 Å². The Morgan fingerprint density at radius 1 is 1.42 bits per heavy atom. The molecule has 1 aromatic carbocycles. The molecule has 9 heteroatoms. The number of nitrogens with zero attached hydrogens (tertiary/aromatic N) is 2. The fraction of sp³-hybridized carbons (Fsp3) is 0.412. The molecule has 0 aliphatic carbocycles. The minimum Gasteiger partial charge on any atom is -0.394 e. The molecular weight excluding hydrogens is 378 g/mol. The fourth-order valence-corrected chi connectivity index (χ4v) is 4.75. The number of carbonyl (C=O) groups excluding carboxylic acids is 1. The molecule has 0 spiro atoms. The molecule has 140 valence electrons. The van der Waals surface area contributed by atoms with Gasteiger partial charge in [0, 0.05) is 11.1 Å². The number of sulfone groups is 1. The largest absolute Gasteiger partial charge is 0.394 e. The van der Waals surface area contributed by atoms with E-state index >= 15 is 0 Å². The first kappa shape index (κ1) is 18.9. The van der Waals surface area contributed by atoms with Crippen LogP contribution in [0, 0.1) is 0 Å². The second-order valence-electron chi connectivity index (χ2n) is 6.48. The van der Waals surface area contributed by atoms with Gasteiger partial charge in [-0.1, -0.05) is 23.7 Å². The molecule has 2 heterocycles. The van der Waals surface area contributed by atoms with Crippen LogP contribution in [0.4, 0.5) is 0 Å². The van der Waals surface area contributed by atoms with E-state index in [-0.39, 0.29) is 29.8 Å². The van der Waals surface area contributed by atoms with Crippen molar-refractivity contribution in [3.63, 3.8) is 0 Å². The number of aromatic nitrogens is 2. The van der Waals surface area contributed by atoms with Gasteiger partial charge in [0.15, 0.2) is 15.5 Å². The van der Waals surface area contributed by atoms with Crippen molar-refractivity contribution >= 4 is 27.3 Å². The Morgan fingerprint density at radius 3 is 2.69 bits per heavy atom. The van der Waals surface area contributed by atoms with E-state index in [2.05, 4.69) is 10.4 Å². The van der Waals surface area contributed by atoms with Crippen molar-refractivity contribution in [2.75, 3.05) is 18.1 Å². The number of nitrogens with one attached hydrogen (secondary N) is 1. The van der Waals surface area contributed by atoms with Gasteiger partial charge >= 0.3 is 0 Å². The molecule has 2 N–H and O–H groups in total. The van der Waals surface area contributed by atoms with Crippen molar-refractivity contribution in [2.24, 2.45) is 0 Å². The summed E-state index contributed by atoms with van der Waals surface area (Å²) in [6, 6.07) is 7.98. The van der Waals surface area contributed by atoms with Crippen molar-refractivity contribution in [2.45, 2.75) is 25.4 Å². The van der Waals surface area contributed by atoms with Crippen LogP contribution in [0.3, 0.4) is 0 Å². The first-order valence-corrected chi connectivity index (χ1v) is 10.5. The normalized spacial score (nSPS) is 20.0. The Hall–Kier alpha value is -1.90. The zero-order chi connectivity index (χ0) is 18.9. The number of halogens is 1. The number of hydrogen-bond donors (Lipinski definition) is 2. The number of amides is 1. The predicted molar refractivity (Wildman–Crippen MR) is 99.0 cm³/mol. The molecule has 2 unspecified atom stereocenters. The third-order valence-corrected chi connectivity index (χ3v) is 6.32. The molecule has 1 aliphatic heterocycles. The molecule has 7 nitrogen and oxygen atoms in total. The molecule has 0 bridgehead atoms. The van der Waals surface area contributed by atoms with Crippen molar-refractivity contribution in [3.05, 3.63) is 41.0 Å². The lowest BCUT2D eigenvalue weighted by Gasteiger charge is -2.13. The summed E-state index contributed by atoms with van der Waals surface area (Å²) in [6.07, 6.45) is 0.457. The minimum atomic E-state index is -3.10. The molecule has 0 radical (unpaired) electrons. The molecule has 0 saturated carbocycles. The van der Waals surface area contributed by atoms with Crippen LogP contribution in [-0.2, 0) is 9.84 Å². The van der Waals surface area contributed by atoms with Crippen LogP contribution in [0.25, 0.3) is 11.3 Å². The van der Waals surface area contributed by atoms with Gasteiger partial charge in [-0.3, -0.25) is 9.48 Å². The van der Waals surface area contributed by atoms with Crippen molar-refractivity contribution < 1.29 is 18.3 Å². The molecule has 1 aliphatic rings. The second kappa shape index (κ2) is 7.38. The monoisotopic (exact) mass is 397 g/mol. The molecule has 1 amide bonds. The predicted octanol–water partition coefficient (Wildman–Crippen LogP) is 1.67. The Labute approximate surface area is 156 Å². The van der Waals surface area contributed by atoms with E-state index in [1.807, 2.05) is 0 Å². The summed E-state index contributed by atoms with van der Waals surface area (Å²) in [7, 11) is -3.10. The number of benzene rings is 1. The number of carbonyl (C=O) groups is 1. The lowest BCUT2D eigenvalue weighted by molar-refractivity contribution is 0.0916. The molecular formula is C17H20ClN3O4S. The lowest BCUT2D eigenvalue weighted by atomic mass is 10.1. The highest BCUT2D eigenvalue weighted by Gasteiger charge is 2.32. The van der Waals surface area contributed by atoms with Gasteiger partial charge in [0.25, 0.3) is 5.91 Å². The molecule has 1 saturated heterocycles. The Kier molecular flexibility index (Phi) is 5.36. The number of rotatable bonds is 5. The smallest absolute Gasteiger partial charge is 0.272 e. The topological polar surface area (TPSA) is 101 Å². The van der Waals surface area contributed by atoms with E-state index in [1.54, 1.807) is 41.9 Å². The maximum atomic E-state index is 12.4. The summed E-state index contributed by atoms with van der Waals surface area (Å²) in [4.78, 5) is 12.4. The Balaban J connectivity index is 2.00. The Morgan fingerprint density at radius 2 is 2.12 bits per heavy atom. The van der Waals surface area contributed by atoms with Crippen LogP contribution in [0.15, 0.2) is 30.3 Å². The lowest BCUT2D eigenvalue weighted by Crippen LogP contribution is -2.35. The highest BCUT2D eigenvalue weighted by molar-refractivity contribution is 7.91. The zero-order valence-corrected chi connectivity index (χ0v) is 15.8. The van der Waals surface area contributed by atoms with Crippen LogP contribution in [-0.4, -0.2) is 53.4 Å². The Bertz CT molecular complexity index is 909. The quantitative estimate of drug-likeness (QED) is 0.799. The van der Waals surface area contributed by atoms with Crippen LogP contribution in [0.1, 0.15) is 29.9 Å². The van der Waals surface area contributed by atoms with Crippen molar-refractivity contribution in [1.82, 2.24) is 15.1 Å². The average Bonchev–Trinajstić information content (AvgIpc) is 3.18. The SMILES string of the molecule is CC(CO)NC(=O)c1cc(-c2ccc(Cl)cc2)n(C2CCS(=O)(=O)C2)n1. The fourth-order valence-electron chi connectivity index (χ4n) is 2.93. The summed E-state index contributed by atoms with van der Waals surface area (Å²) in [5.41, 5.74) is 1.63. The second-order valence-corrected chi connectivity index (χ2v) is 9.15. The van der Waals surface area contributed by atoms with Gasteiger partial charge in [0.2, 0.25) is 0 Å². The van der Waals surface area contributed by atoms with Crippen LogP contribution in [0.5, 0.6) is 0 Å². The van der Waals surface area contributed by atoms with Gasteiger partial charge < -0.3 is 10.4 Å². The molecule has 1 fully saturated rings. The molecule has 2 atom stereocenters. The molecule has 1 aromatic heterocycles. The third kappa shape index (κ3) is 4.08. The maximum Gasteiger partial charge on any atom is 0.272 e. The molecule has 26 heavy (non-hydrogen) atoms. The van der Waals surface area contributed by atoms with Crippen LogP contribution < -0.4 is 5.32 Å². The zero-order valence-electron chi connectivity index (χ0n) is 14.2. The third-order valence-electron chi connectivity index (χ3n) is 4.31. The number of aliphatic hydroxyl groups is 1.